The lowest BCUT2D eigenvalue weighted by molar-refractivity contribution is 0.179. The third kappa shape index (κ3) is 14.5. The van der Waals surface area contributed by atoms with Gasteiger partial charge in [0.05, 0.1) is 0 Å². The first-order valence-corrected chi connectivity index (χ1v) is 13.3. The first-order chi connectivity index (χ1) is 9.80. The molecule has 0 aliphatic heterocycles. The van der Waals surface area contributed by atoms with Gasteiger partial charge in [-0.15, -0.1) is 13.2 Å². The maximum absolute atomic E-state index is 5.76. The Balaban J connectivity index is 0. The van der Waals surface area contributed by atoms with E-state index in [1.165, 1.54) is 0 Å². The highest BCUT2D eigenvalue weighted by atomic mass is 28.4. The SMILES string of the molecule is C=C[Si](C)(C)OC.C=C[Si](C)(OCCCC)OCCCC. The number of hydrogen-bond donors (Lipinski definition) is 0. The highest BCUT2D eigenvalue weighted by molar-refractivity contribution is 6.76. The summed E-state index contributed by atoms with van der Waals surface area (Å²) in [5.74, 6) is 0. The Morgan fingerprint density at radius 1 is 0.857 bits per heavy atom. The summed E-state index contributed by atoms with van der Waals surface area (Å²) in [6.45, 7) is 19.6. The fourth-order valence-electron chi connectivity index (χ4n) is 1.08. The van der Waals surface area contributed by atoms with E-state index in [4.69, 9.17) is 13.3 Å². The Labute approximate surface area is 134 Å². The van der Waals surface area contributed by atoms with E-state index in [0.29, 0.717) is 0 Å². The van der Waals surface area contributed by atoms with Gasteiger partial charge in [-0.05, 0) is 38.2 Å². The van der Waals surface area contributed by atoms with Crippen LogP contribution in [0, 0.1) is 0 Å². The van der Waals surface area contributed by atoms with Gasteiger partial charge in [0.2, 0.25) is 8.32 Å². The molecule has 0 rings (SSSR count). The predicted molar refractivity (Wildman–Crippen MR) is 98.2 cm³/mol. The van der Waals surface area contributed by atoms with Gasteiger partial charge in [-0.2, -0.15) is 0 Å². The molecule has 0 aromatic heterocycles. The molecular weight excluding hydrogens is 296 g/mol. The van der Waals surface area contributed by atoms with Crippen LogP contribution >= 0.6 is 0 Å². The second-order valence-electron chi connectivity index (χ2n) is 5.64. The molecule has 0 N–H and O–H groups in total. The van der Waals surface area contributed by atoms with Crippen molar-refractivity contribution in [1.82, 2.24) is 0 Å². The van der Waals surface area contributed by atoms with E-state index in [0.717, 1.165) is 38.9 Å². The third-order valence-electron chi connectivity index (χ3n) is 3.16. The van der Waals surface area contributed by atoms with Crippen molar-refractivity contribution in [3.63, 3.8) is 0 Å². The molecule has 0 aromatic carbocycles. The first-order valence-electron chi connectivity index (χ1n) is 7.91. The summed E-state index contributed by atoms with van der Waals surface area (Å²) in [5.41, 5.74) is 3.78. The molecule has 0 bridgehead atoms. The minimum Gasteiger partial charge on any atom is -0.417 e. The Bertz CT molecular complexity index is 258. The molecule has 3 nitrogen and oxygen atoms in total. The fraction of sp³-hybridized carbons (Fsp3) is 0.750. The highest BCUT2D eigenvalue weighted by Crippen LogP contribution is 2.10. The van der Waals surface area contributed by atoms with Crippen LogP contribution < -0.4 is 0 Å². The lowest BCUT2D eigenvalue weighted by atomic mass is 10.4. The van der Waals surface area contributed by atoms with E-state index in [-0.39, 0.29) is 0 Å². The van der Waals surface area contributed by atoms with E-state index in [1.54, 1.807) is 7.11 Å². The van der Waals surface area contributed by atoms with E-state index in [2.05, 4.69) is 46.6 Å². The van der Waals surface area contributed by atoms with Crippen LogP contribution in [0.25, 0.3) is 0 Å². The maximum Gasteiger partial charge on any atom is 0.361 e. The summed E-state index contributed by atoms with van der Waals surface area (Å²) < 4.78 is 16.6. The first kappa shape index (κ1) is 23.1. The quantitative estimate of drug-likeness (QED) is 0.394. The van der Waals surface area contributed by atoms with Gasteiger partial charge in [0.15, 0.2) is 0 Å². The minimum absolute atomic E-state index is 0.803. The second kappa shape index (κ2) is 13.5. The Kier molecular flexibility index (Phi) is 14.8. The molecule has 0 radical (unpaired) electrons. The topological polar surface area (TPSA) is 27.7 Å². The van der Waals surface area contributed by atoms with E-state index in [1.807, 2.05) is 11.4 Å². The van der Waals surface area contributed by atoms with Gasteiger partial charge in [0.1, 0.15) is 0 Å². The molecule has 0 unspecified atom stereocenters. The molecule has 5 heteroatoms. The Hall–Kier alpha value is -0.206. The van der Waals surface area contributed by atoms with Crippen LogP contribution in [0.4, 0.5) is 0 Å². The molecule has 126 valence electrons. The summed E-state index contributed by atoms with van der Waals surface area (Å²) in [4.78, 5) is 0. The normalized spacial score (nSPS) is 11.5. The van der Waals surface area contributed by atoms with Crippen molar-refractivity contribution < 1.29 is 13.3 Å². The maximum atomic E-state index is 5.76. The van der Waals surface area contributed by atoms with Crippen molar-refractivity contribution in [3.8, 4) is 0 Å². The van der Waals surface area contributed by atoms with Crippen molar-refractivity contribution in [3.05, 3.63) is 24.6 Å². The molecule has 0 heterocycles. The molecule has 21 heavy (non-hydrogen) atoms. The zero-order valence-electron chi connectivity index (χ0n) is 15.0. The smallest absolute Gasteiger partial charge is 0.361 e. The summed E-state index contributed by atoms with van der Waals surface area (Å²) in [6, 6.07) is 0. The van der Waals surface area contributed by atoms with Gasteiger partial charge in [-0.3, -0.25) is 0 Å². The Morgan fingerprint density at radius 2 is 1.29 bits per heavy atom. The van der Waals surface area contributed by atoms with Gasteiger partial charge in [-0.25, -0.2) is 0 Å². The Morgan fingerprint density at radius 3 is 1.48 bits per heavy atom. The van der Waals surface area contributed by atoms with Crippen LogP contribution in [-0.2, 0) is 13.3 Å². The average molecular weight is 333 g/mol. The summed E-state index contributed by atoms with van der Waals surface area (Å²) >= 11 is 0. The number of unbranched alkanes of at least 4 members (excludes halogenated alkanes) is 2. The minimum atomic E-state index is -2.03. The molecule has 0 amide bonds. The summed E-state index contributed by atoms with van der Waals surface area (Å²) in [7, 11) is -1.69. The predicted octanol–water partition coefficient (Wildman–Crippen LogP) is 4.98. The lowest BCUT2D eigenvalue weighted by Crippen LogP contribution is -2.37. The molecule has 0 spiro atoms. The second-order valence-corrected chi connectivity index (χ2v) is 12.7. The molecule has 0 saturated carbocycles. The van der Waals surface area contributed by atoms with Crippen molar-refractivity contribution in [2.24, 2.45) is 0 Å². The van der Waals surface area contributed by atoms with Gasteiger partial charge in [-0.1, -0.05) is 32.4 Å². The molecule has 0 atom stereocenters. The average Bonchev–Trinajstić information content (AvgIpc) is 2.48. The molecule has 0 saturated heterocycles. The van der Waals surface area contributed by atoms with Gasteiger partial charge < -0.3 is 13.3 Å². The van der Waals surface area contributed by atoms with Gasteiger partial charge >= 0.3 is 8.56 Å². The van der Waals surface area contributed by atoms with Crippen LogP contribution in [0.15, 0.2) is 24.6 Å². The van der Waals surface area contributed by atoms with Crippen molar-refractivity contribution in [2.45, 2.75) is 59.2 Å². The molecular formula is C16H36O3Si2. The monoisotopic (exact) mass is 332 g/mol. The molecule has 0 fully saturated rings. The molecule has 0 aliphatic rings. The molecule has 0 aliphatic carbocycles. The lowest BCUT2D eigenvalue weighted by Gasteiger charge is -2.23. The fourth-order valence-corrected chi connectivity index (χ4v) is 2.67. The van der Waals surface area contributed by atoms with Crippen molar-refractivity contribution >= 4 is 16.9 Å². The van der Waals surface area contributed by atoms with Gasteiger partial charge in [0.25, 0.3) is 0 Å². The van der Waals surface area contributed by atoms with Crippen LogP contribution in [0.2, 0.25) is 19.6 Å². The van der Waals surface area contributed by atoms with Crippen molar-refractivity contribution in [1.29, 1.82) is 0 Å². The van der Waals surface area contributed by atoms with E-state index in [9.17, 15) is 0 Å². The summed E-state index contributed by atoms with van der Waals surface area (Å²) in [6.07, 6.45) is 4.54. The third-order valence-corrected chi connectivity index (χ3v) is 7.49. The zero-order chi connectivity index (χ0) is 16.8. The van der Waals surface area contributed by atoms with Crippen LogP contribution in [0.3, 0.4) is 0 Å². The van der Waals surface area contributed by atoms with E-state index < -0.39 is 16.9 Å². The van der Waals surface area contributed by atoms with Crippen molar-refractivity contribution in [2.75, 3.05) is 20.3 Å². The zero-order valence-corrected chi connectivity index (χ0v) is 17.0. The van der Waals surface area contributed by atoms with Crippen LogP contribution in [-0.4, -0.2) is 37.2 Å². The standard InChI is InChI=1S/C11H24O2Si.C5H12OSi/c1-5-8-10-12-14(4,7-3)13-11-9-6-2;1-5-7(3,4)6-2/h7H,3,5-6,8-11H2,1-2,4H3;5H,1H2,2-4H3. The molecule has 0 aromatic rings. The van der Waals surface area contributed by atoms with Crippen LogP contribution in [0.1, 0.15) is 39.5 Å². The largest absolute Gasteiger partial charge is 0.417 e. The van der Waals surface area contributed by atoms with Crippen LogP contribution in [0.5, 0.6) is 0 Å². The number of rotatable bonds is 11. The van der Waals surface area contributed by atoms with E-state index >= 15 is 0 Å². The summed E-state index contributed by atoms with van der Waals surface area (Å²) in [5, 5.41) is 0. The van der Waals surface area contributed by atoms with Gasteiger partial charge in [0, 0.05) is 20.3 Å². The number of hydrogen-bond acceptors (Lipinski definition) is 3. The highest BCUT2D eigenvalue weighted by Gasteiger charge is 2.26.